The minimum Gasteiger partial charge on any atom is -0.310 e. The summed E-state index contributed by atoms with van der Waals surface area (Å²) in [6.07, 6.45) is 0. The molecular formula is C54H42N2. The summed E-state index contributed by atoms with van der Waals surface area (Å²) in [6.45, 7) is 9.53. The Morgan fingerprint density at radius 2 is 0.875 bits per heavy atom. The maximum absolute atomic E-state index is 2.47. The van der Waals surface area contributed by atoms with Crippen LogP contribution in [-0.2, 0) is 10.8 Å². The van der Waals surface area contributed by atoms with Crippen molar-refractivity contribution in [2.24, 2.45) is 0 Å². The van der Waals surface area contributed by atoms with Crippen LogP contribution in [0.2, 0.25) is 0 Å². The second-order valence-electron chi connectivity index (χ2n) is 16.6. The van der Waals surface area contributed by atoms with Gasteiger partial charge in [-0.1, -0.05) is 143 Å². The van der Waals surface area contributed by atoms with Gasteiger partial charge in [0.15, 0.2) is 0 Å². The van der Waals surface area contributed by atoms with Gasteiger partial charge in [0.1, 0.15) is 0 Å². The average molecular weight is 719 g/mol. The Morgan fingerprint density at radius 3 is 1.59 bits per heavy atom. The lowest BCUT2D eigenvalue weighted by Gasteiger charge is -2.30. The predicted octanol–water partition coefficient (Wildman–Crippen LogP) is 14.5. The summed E-state index contributed by atoms with van der Waals surface area (Å²) in [6, 6.07) is 67.4. The maximum Gasteiger partial charge on any atom is 0.0544 e. The third-order valence-corrected chi connectivity index (χ3v) is 12.8. The molecule has 0 radical (unpaired) electrons. The van der Waals surface area contributed by atoms with E-state index in [1.807, 2.05) is 0 Å². The van der Waals surface area contributed by atoms with E-state index in [1.165, 1.54) is 88.8 Å². The zero-order valence-corrected chi connectivity index (χ0v) is 32.2. The quantitative estimate of drug-likeness (QED) is 0.172. The van der Waals surface area contributed by atoms with Crippen molar-refractivity contribution in [2.45, 2.75) is 38.5 Å². The molecule has 0 saturated carbocycles. The van der Waals surface area contributed by atoms with Crippen LogP contribution < -0.4 is 4.90 Å². The fourth-order valence-corrected chi connectivity index (χ4v) is 9.89. The molecule has 1 heterocycles. The predicted molar refractivity (Wildman–Crippen MR) is 236 cm³/mol. The van der Waals surface area contributed by atoms with Gasteiger partial charge < -0.3 is 9.47 Å². The largest absolute Gasteiger partial charge is 0.310 e. The second-order valence-corrected chi connectivity index (χ2v) is 16.6. The molecule has 11 rings (SSSR count). The normalized spacial score (nSPS) is 14.4. The van der Waals surface area contributed by atoms with Crippen LogP contribution in [-0.4, -0.2) is 4.57 Å². The van der Waals surface area contributed by atoms with Crippen LogP contribution in [0, 0.1) is 0 Å². The number of para-hydroxylation sites is 2. The summed E-state index contributed by atoms with van der Waals surface area (Å²) >= 11 is 0. The zero-order valence-electron chi connectivity index (χ0n) is 32.2. The van der Waals surface area contributed by atoms with E-state index in [0.717, 1.165) is 11.4 Å². The highest BCUT2D eigenvalue weighted by Gasteiger charge is 2.38. The van der Waals surface area contributed by atoms with E-state index in [2.05, 4.69) is 219 Å². The molecule has 2 heteroatoms. The summed E-state index contributed by atoms with van der Waals surface area (Å²) in [5.41, 5.74) is 20.1. The van der Waals surface area contributed by atoms with E-state index >= 15 is 0 Å². The van der Waals surface area contributed by atoms with Gasteiger partial charge in [0.25, 0.3) is 0 Å². The Kier molecular flexibility index (Phi) is 6.98. The molecule has 0 fully saturated rings. The molecule has 2 aliphatic rings. The van der Waals surface area contributed by atoms with Crippen LogP contribution in [0.15, 0.2) is 182 Å². The van der Waals surface area contributed by atoms with E-state index in [1.54, 1.807) is 0 Å². The highest BCUT2D eigenvalue weighted by molar-refractivity contribution is 6.11. The molecule has 2 aliphatic carbocycles. The number of nitrogens with zero attached hydrogens (tertiary/aromatic N) is 2. The molecule has 1 aromatic heterocycles. The summed E-state index contributed by atoms with van der Waals surface area (Å²) in [4.78, 5) is 2.46. The van der Waals surface area contributed by atoms with E-state index in [9.17, 15) is 0 Å². The number of hydrogen-bond donors (Lipinski definition) is 0. The van der Waals surface area contributed by atoms with E-state index in [0.29, 0.717) is 0 Å². The lowest BCUT2D eigenvalue weighted by atomic mass is 9.82. The fourth-order valence-electron chi connectivity index (χ4n) is 9.89. The molecule has 8 aromatic carbocycles. The smallest absolute Gasteiger partial charge is 0.0544 e. The first-order chi connectivity index (χ1) is 27.3. The molecule has 2 nitrogen and oxygen atoms in total. The molecule has 0 N–H and O–H groups in total. The van der Waals surface area contributed by atoms with Gasteiger partial charge in [-0.25, -0.2) is 0 Å². The lowest BCUT2D eigenvalue weighted by Crippen LogP contribution is -2.18. The standard InChI is InChI=1S/C54H42N2/c1-53(2)47-21-13-11-19-41(47)42-29-27-39(31-48(42)53)55(38-25-23-36(24-26-38)35-15-7-5-8-16-35)40-28-30-43-45-33-46-44-20-12-14-22-51(44)56(37-17-9-6-10-18-37)52(46)34-50(45)54(3,4)49(43)32-40/h5-34H,1-4H3. The number of fused-ring (bicyclic) bond motifs is 9. The van der Waals surface area contributed by atoms with Crippen molar-refractivity contribution in [1.29, 1.82) is 0 Å². The first-order valence-corrected chi connectivity index (χ1v) is 19.8. The van der Waals surface area contributed by atoms with Gasteiger partial charge in [0.2, 0.25) is 0 Å². The highest BCUT2D eigenvalue weighted by atomic mass is 15.1. The van der Waals surface area contributed by atoms with Crippen molar-refractivity contribution in [3.63, 3.8) is 0 Å². The van der Waals surface area contributed by atoms with Crippen molar-refractivity contribution < 1.29 is 0 Å². The Balaban J connectivity index is 1.08. The van der Waals surface area contributed by atoms with Gasteiger partial charge in [-0.05, 0) is 122 Å². The van der Waals surface area contributed by atoms with Gasteiger partial charge in [0.05, 0.1) is 11.0 Å². The summed E-state index contributed by atoms with van der Waals surface area (Å²) < 4.78 is 2.43. The minimum absolute atomic E-state index is 0.0982. The lowest BCUT2D eigenvalue weighted by molar-refractivity contribution is 0.660. The van der Waals surface area contributed by atoms with Crippen LogP contribution in [0.4, 0.5) is 17.1 Å². The van der Waals surface area contributed by atoms with Crippen LogP contribution in [0.3, 0.4) is 0 Å². The fraction of sp³-hybridized carbons (Fsp3) is 0.111. The van der Waals surface area contributed by atoms with Crippen LogP contribution in [0.1, 0.15) is 49.9 Å². The molecule has 0 spiro atoms. The first kappa shape index (κ1) is 32.8. The molecule has 0 amide bonds. The van der Waals surface area contributed by atoms with Crippen molar-refractivity contribution in [2.75, 3.05) is 4.90 Å². The molecule has 0 saturated heterocycles. The average Bonchev–Trinajstić information content (AvgIpc) is 3.77. The number of benzene rings is 8. The molecule has 0 unspecified atom stereocenters. The van der Waals surface area contributed by atoms with Crippen molar-refractivity contribution in [1.82, 2.24) is 4.57 Å². The van der Waals surface area contributed by atoms with E-state index in [-0.39, 0.29) is 10.8 Å². The van der Waals surface area contributed by atoms with E-state index in [4.69, 9.17) is 0 Å². The van der Waals surface area contributed by atoms with Crippen molar-refractivity contribution in [3.05, 3.63) is 204 Å². The zero-order chi connectivity index (χ0) is 37.8. The number of rotatable bonds is 5. The van der Waals surface area contributed by atoms with Crippen molar-refractivity contribution in [3.8, 4) is 39.1 Å². The van der Waals surface area contributed by atoms with E-state index < -0.39 is 0 Å². The van der Waals surface area contributed by atoms with Crippen molar-refractivity contribution >= 4 is 38.9 Å². The number of anilines is 3. The van der Waals surface area contributed by atoms with Crippen LogP contribution in [0.5, 0.6) is 0 Å². The molecule has 268 valence electrons. The molecule has 9 aromatic rings. The Labute approximate surface area is 328 Å². The Morgan fingerprint density at radius 1 is 0.357 bits per heavy atom. The topological polar surface area (TPSA) is 8.17 Å². The van der Waals surface area contributed by atoms with Crippen LogP contribution >= 0.6 is 0 Å². The SMILES string of the molecule is CC1(C)c2ccccc2-c2ccc(N(c3ccc(-c4ccccc4)cc3)c3ccc4c(c3)C(C)(C)c3cc5c(cc3-4)c3ccccc3n5-c3ccccc3)cc21. The first-order valence-electron chi connectivity index (χ1n) is 19.8. The third-order valence-electron chi connectivity index (χ3n) is 12.8. The molecule has 0 bridgehead atoms. The molecule has 56 heavy (non-hydrogen) atoms. The minimum atomic E-state index is -0.211. The second kappa shape index (κ2) is 11.9. The summed E-state index contributed by atoms with van der Waals surface area (Å²) in [7, 11) is 0. The number of hydrogen-bond acceptors (Lipinski definition) is 1. The third kappa shape index (κ3) is 4.69. The molecule has 0 atom stereocenters. The molecule has 0 aliphatic heterocycles. The summed E-state index contributed by atoms with van der Waals surface area (Å²) in [5.74, 6) is 0. The highest BCUT2D eigenvalue weighted by Crippen LogP contribution is 2.54. The summed E-state index contributed by atoms with van der Waals surface area (Å²) in [5, 5.41) is 2.57. The number of aromatic nitrogens is 1. The Bertz CT molecular complexity index is 3000. The maximum atomic E-state index is 2.47. The van der Waals surface area contributed by atoms with Gasteiger partial charge >= 0.3 is 0 Å². The van der Waals surface area contributed by atoms with Gasteiger partial charge in [-0.15, -0.1) is 0 Å². The van der Waals surface area contributed by atoms with Gasteiger partial charge in [-0.2, -0.15) is 0 Å². The Hall–Kier alpha value is -6.64. The monoisotopic (exact) mass is 718 g/mol. The molecular weight excluding hydrogens is 677 g/mol. The van der Waals surface area contributed by atoms with Gasteiger partial charge in [-0.3, -0.25) is 0 Å². The van der Waals surface area contributed by atoms with Gasteiger partial charge in [0, 0.05) is 44.4 Å². The van der Waals surface area contributed by atoms with Crippen LogP contribution in [0.25, 0.3) is 60.9 Å².